The zero-order valence-electron chi connectivity index (χ0n) is 6.84. The molecule has 5 nitrogen and oxygen atoms in total. The highest BCUT2D eigenvalue weighted by atomic mass is 16.3. The van der Waals surface area contributed by atoms with Crippen molar-refractivity contribution in [3.05, 3.63) is 26.4 Å². The molecule has 0 saturated carbocycles. The van der Waals surface area contributed by atoms with Crippen LogP contribution in [0.25, 0.3) is 0 Å². The molecule has 0 saturated heterocycles. The van der Waals surface area contributed by atoms with Crippen molar-refractivity contribution in [3.63, 3.8) is 0 Å². The summed E-state index contributed by atoms with van der Waals surface area (Å²) in [6.07, 6.45) is 0. The van der Waals surface area contributed by atoms with Gasteiger partial charge in [-0.05, 0) is 5.92 Å². The number of aromatic nitrogens is 2. The van der Waals surface area contributed by atoms with E-state index in [0.29, 0.717) is 0 Å². The molecule has 3 N–H and O–H groups in total. The SMILES string of the molecule is CC(C)c1c(O)[nH]c(=O)[nH]c1=O. The van der Waals surface area contributed by atoms with Crippen molar-refractivity contribution in [1.29, 1.82) is 0 Å². The van der Waals surface area contributed by atoms with E-state index in [2.05, 4.69) is 4.98 Å². The van der Waals surface area contributed by atoms with Crippen LogP contribution >= 0.6 is 0 Å². The maximum absolute atomic E-state index is 11.1. The van der Waals surface area contributed by atoms with Gasteiger partial charge in [-0.15, -0.1) is 0 Å². The Bertz CT molecular complexity index is 388. The van der Waals surface area contributed by atoms with Gasteiger partial charge in [-0.3, -0.25) is 14.8 Å². The van der Waals surface area contributed by atoms with Crippen LogP contribution in [-0.2, 0) is 0 Å². The minimum absolute atomic E-state index is 0.120. The van der Waals surface area contributed by atoms with Crippen LogP contribution in [0.5, 0.6) is 5.88 Å². The third-order valence-electron chi connectivity index (χ3n) is 1.54. The molecule has 1 rings (SSSR count). The Labute approximate surface area is 68.1 Å². The van der Waals surface area contributed by atoms with E-state index in [-0.39, 0.29) is 17.4 Å². The minimum atomic E-state index is -0.693. The van der Waals surface area contributed by atoms with Crippen molar-refractivity contribution in [3.8, 4) is 5.88 Å². The highest BCUT2D eigenvalue weighted by Crippen LogP contribution is 2.15. The smallest absolute Gasteiger partial charge is 0.328 e. The Kier molecular flexibility index (Phi) is 2.03. The third-order valence-corrected chi connectivity index (χ3v) is 1.54. The molecule has 0 radical (unpaired) electrons. The molecule has 0 aliphatic heterocycles. The van der Waals surface area contributed by atoms with Crippen LogP contribution in [-0.4, -0.2) is 15.1 Å². The number of hydrogen-bond donors (Lipinski definition) is 3. The van der Waals surface area contributed by atoms with Crippen molar-refractivity contribution in [1.82, 2.24) is 9.97 Å². The van der Waals surface area contributed by atoms with Gasteiger partial charge >= 0.3 is 5.69 Å². The maximum atomic E-state index is 11.1. The Morgan fingerprint density at radius 3 is 2.25 bits per heavy atom. The Morgan fingerprint density at radius 2 is 1.83 bits per heavy atom. The minimum Gasteiger partial charge on any atom is -0.494 e. The molecular formula is C7H10N2O3. The van der Waals surface area contributed by atoms with Gasteiger partial charge in [0, 0.05) is 0 Å². The molecule has 1 aromatic heterocycles. The number of aromatic amines is 2. The summed E-state index contributed by atoms with van der Waals surface area (Å²) in [6, 6.07) is 0. The largest absolute Gasteiger partial charge is 0.494 e. The monoisotopic (exact) mass is 170 g/mol. The van der Waals surface area contributed by atoms with Crippen molar-refractivity contribution >= 4 is 0 Å². The van der Waals surface area contributed by atoms with E-state index in [9.17, 15) is 9.59 Å². The lowest BCUT2D eigenvalue weighted by Crippen LogP contribution is -2.25. The Morgan fingerprint density at radius 1 is 1.25 bits per heavy atom. The zero-order chi connectivity index (χ0) is 9.30. The molecule has 0 spiro atoms. The molecule has 0 fully saturated rings. The second kappa shape index (κ2) is 2.84. The van der Waals surface area contributed by atoms with Crippen LogP contribution in [0.3, 0.4) is 0 Å². The second-order valence-electron chi connectivity index (χ2n) is 2.83. The first-order chi connectivity index (χ1) is 5.52. The van der Waals surface area contributed by atoms with Gasteiger partial charge in [0.2, 0.25) is 5.88 Å². The van der Waals surface area contributed by atoms with Gasteiger partial charge in [-0.2, -0.15) is 0 Å². The summed E-state index contributed by atoms with van der Waals surface area (Å²) in [5.41, 5.74) is -1.03. The summed E-state index contributed by atoms with van der Waals surface area (Å²) in [5, 5.41) is 9.17. The number of rotatable bonds is 1. The van der Waals surface area contributed by atoms with Crippen LogP contribution in [0.1, 0.15) is 25.3 Å². The number of hydrogen-bond acceptors (Lipinski definition) is 3. The molecule has 0 aliphatic carbocycles. The van der Waals surface area contributed by atoms with Gasteiger partial charge in [0.15, 0.2) is 0 Å². The standard InChI is InChI=1S/C7H10N2O3/c1-3(2)4-5(10)8-7(12)9-6(4)11/h3H,1-2H3,(H3,8,9,10,11,12). The first kappa shape index (κ1) is 8.58. The zero-order valence-corrected chi connectivity index (χ0v) is 6.84. The molecule has 66 valence electrons. The van der Waals surface area contributed by atoms with Crippen LogP contribution in [0.4, 0.5) is 0 Å². The number of nitrogens with one attached hydrogen (secondary N) is 2. The Hall–Kier alpha value is -1.52. The predicted molar refractivity (Wildman–Crippen MR) is 43.4 cm³/mol. The molecule has 0 unspecified atom stereocenters. The van der Waals surface area contributed by atoms with E-state index in [0.717, 1.165) is 0 Å². The lowest BCUT2D eigenvalue weighted by molar-refractivity contribution is 0.436. The molecule has 0 atom stereocenters. The summed E-state index contributed by atoms with van der Waals surface area (Å²) in [5.74, 6) is -0.468. The topological polar surface area (TPSA) is 85.9 Å². The van der Waals surface area contributed by atoms with E-state index >= 15 is 0 Å². The highest BCUT2D eigenvalue weighted by molar-refractivity contribution is 5.23. The Balaban J connectivity index is 3.49. The summed E-state index contributed by atoms with van der Waals surface area (Å²) in [7, 11) is 0. The maximum Gasteiger partial charge on any atom is 0.328 e. The van der Waals surface area contributed by atoms with Crippen LogP contribution in [0, 0.1) is 0 Å². The molecule has 1 aromatic rings. The fraction of sp³-hybridized carbons (Fsp3) is 0.429. The van der Waals surface area contributed by atoms with Gasteiger partial charge in [-0.1, -0.05) is 13.8 Å². The van der Waals surface area contributed by atoms with Gasteiger partial charge in [0.25, 0.3) is 5.56 Å². The molecular weight excluding hydrogens is 160 g/mol. The average Bonchev–Trinajstić information content (AvgIpc) is 1.82. The van der Waals surface area contributed by atoms with E-state index < -0.39 is 11.2 Å². The molecule has 0 amide bonds. The average molecular weight is 170 g/mol. The van der Waals surface area contributed by atoms with Gasteiger partial charge < -0.3 is 5.11 Å². The summed E-state index contributed by atoms with van der Waals surface area (Å²) in [4.78, 5) is 25.8. The summed E-state index contributed by atoms with van der Waals surface area (Å²) < 4.78 is 0. The van der Waals surface area contributed by atoms with Gasteiger partial charge in [0.05, 0.1) is 5.56 Å². The first-order valence-electron chi connectivity index (χ1n) is 3.58. The third kappa shape index (κ3) is 1.39. The van der Waals surface area contributed by atoms with Gasteiger partial charge in [-0.25, -0.2) is 4.79 Å². The van der Waals surface area contributed by atoms with Crippen molar-refractivity contribution in [2.75, 3.05) is 0 Å². The van der Waals surface area contributed by atoms with Crippen LogP contribution in [0.2, 0.25) is 0 Å². The lowest BCUT2D eigenvalue weighted by atomic mass is 10.1. The summed E-state index contributed by atoms with van der Waals surface area (Å²) in [6.45, 7) is 3.51. The number of H-pyrrole nitrogens is 2. The molecule has 0 aromatic carbocycles. The summed E-state index contributed by atoms with van der Waals surface area (Å²) >= 11 is 0. The molecule has 1 heterocycles. The second-order valence-corrected chi connectivity index (χ2v) is 2.83. The van der Waals surface area contributed by atoms with E-state index in [4.69, 9.17) is 5.11 Å². The van der Waals surface area contributed by atoms with Crippen molar-refractivity contribution in [2.24, 2.45) is 0 Å². The molecule has 5 heteroatoms. The predicted octanol–water partition coefficient (Wildman–Crippen LogP) is -0.108. The van der Waals surface area contributed by atoms with E-state index in [1.54, 1.807) is 13.8 Å². The fourth-order valence-corrected chi connectivity index (χ4v) is 1.02. The molecule has 0 bridgehead atoms. The molecule has 0 aliphatic rings. The van der Waals surface area contributed by atoms with E-state index in [1.165, 1.54) is 0 Å². The fourth-order valence-electron chi connectivity index (χ4n) is 1.02. The van der Waals surface area contributed by atoms with Crippen LogP contribution < -0.4 is 11.2 Å². The van der Waals surface area contributed by atoms with E-state index in [1.807, 2.05) is 4.98 Å². The van der Waals surface area contributed by atoms with Crippen LogP contribution in [0.15, 0.2) is 9.59 Å². The van der Waals surface area contributed by atoms with Gasteiger partial charge in [0.1, 0.15) is 0 Å². The highest BCUT2D eigenvalue weighted by Gasteiger charge is 2.11. The normalized spacial score (nSPS) is 10.6. The van der Waals surface area contributed by atoms with Crippen molar-refractivity contribution in [2.45, 2.75) is 19.8 Å². The molecule has 12 heavy (non-hydrogen) atoms. The first-order valence-corrected chi connectivity index (χ1v) is 3.58. The quantitative estimate of drug-likeness (QED) is 0.549. The number of aromatic hydroxyl groups is 1. The van der Waals surface area contributed by atoms with Crippen molar-refractivity contribution < 1.29 is 5.11 Å². The lowest BCUT2D eigenvalue weighted by Gasteiger charge is -2.04.